The molecule has 9 heteroatoms. The Morgan fingerprint density at radius 3 is 1.68 bits per heavy atom. The molecule has 0 aromatic heterocycles. The van der Waals surface area contributed by atoms with Gasteiger partial charge < -0.3 is 28.8 Å². The number of nitrogens with zero attached hydrogens (tertiary/aromatic N) is 1. The Balaban J connectivity index is 4.43. The van der Waals surface area contributed by atoms with Gasteiger partial charge in [0.1, 0.15) is 13.2 Å². The van der Waals surface area contributed by atoms with E-state index < -0.39 is 20.0 Å². The number of carbonyl (C=O) groups is 1. The predicted octanol–water partition coefficient (Wildman–Crippen LogP) is 10.1. The van der Waals surface area contributed by atoms with Crippen LogP contribution in [-0.2, 0) is 18.4 Å². The molecular weight excluding hydrogens is 647 g/mol. The summed E-state index contributed by atoms with van der Waals surface area (Å²) in [6.45, 7) is 4.58. The van der Waals surface area contributed by atoms with Crippen LogP contribution in [0.1, 0.15) is 168 Å². The molecule has 3 atom stereocenters. The van der Waals surface area contributed by atoms with Gasteiger partial charge in [0.05, 0.1) is 39.9 Å². The van der Waals surface area contributed by atoms with Crippen LogP contribution in [0.4, 0.5) is 0 Å². The number of amides is 1. The molecule has 0 aromatic carbocycles. The second-order valence-electron chi connectivity index (χ2n) is 15.0. The van der Waals surface area contributed by atoms with Crippen molar-refractivity contribution in [2.24, 2.45) is 0 Å². The Morgan fingerprint density at radius 2 is 1.16 bits per heavy atom. The first-order valence-corrected chi connectivity index (χ1v) is 21.8. The van der Waals surface area contributed by atoms with Gasteiger partial charge in [-0.15, -0.1) is 0 Å². The van der Waals surface area contributed by atoms with E-state index in [0.717, 1.165) is 57.8 Å². The van der Waals surface area contributed by atoms with Crippen molar-refractivity contribution in [3.05, 3.63) is 36.5 Å². The van der Waals surface area contributed by atoms with Crippen molar-refractivity contribution in [1.29, 1.82) is 0 Å². The number of likely N-dealkylation sites (N-methyl/N-ethyl adjacent to an activating group) is 1. The molecule has 3 unspecified atom stereocenters. The fourth-order valence-corrected chi connectivity index (χ4v) is 6.26. The topological polar surface area (TPSA) is 108 Å². The summed E-state index contributed by atoms with van der Waals surface area (Å²) in [6, 6.07) is -0.887. The normalized spacial score (nSPS) is 14.9. The van der Waals surface area contributed by atoms with E-state index in [9.17, 15) is 19.4 Å². The second kappa shape index (κ2) is 33.5. The van der Waals surface area contributed by atoms with Crippen molar-refractivity contribution >= 4 is 13.7 Å². The molecule has 294 valence electrons. The maximum atomic E-state index is 12.8. The van der Waals surface area contributed by atoms with Gasteiger partial charge in [0.15, 0.2) is 0 Å². The highest BCUT2D eigenvalue weighted by Crippen LogP contribution is 2.38. The van der Waals surface area contributed by atoms with Crippen LogP contribution in [0.2, 0.25) is 0 Å². The van der Waals surface area contributed by atoms with E-state index in [-0.39, 0.29) is 19.1 Å². The summed E-state index contributed by atoms with van der Waals surface area (Å²) in [5.74, 6) is -0.209. The van der Waals surface area contributed by atoms with E-state index in [1.807, 2.05) is 27.2 Å². The number of carbonyl (C=O) groups excluding carboxylic acids is 1. The molecule has 0 radical (unpaired) electrons. The third-order valence-electron chi connectivity index (χ3n) is 8.84. The number of phosphoric acid groups is 1. The monoisotopic (exact) mass is 727 g/mol. The van der Waals surface area contributed by atoms with Crippen molar-refractivity contribution in [3.63, 3.8) is 0 Å². The maximum absolute atomic E-state index is 12.8. The van der Waals surface area contributed by atoms with Crippen LogP contribution < -0.4 is 10.2 Å². The van der Waals surface area contributed by atoms with Gasteiger partial charge in [-0.3, -0.25) is 9.36 Å². The third-order valence-corrected chi connectivity index (χ3v) is 9.81. The maximum Gasteiger partial charge on any atom is 0.268 e. The quantitative estimate of drug-likeness (QED) is 0.0288. The van der Waals surface area contributed by atoms with Crippen LogP contribution in [0.25, 0.3) is 0 Å². The minimum atomic E-state index is -4.58. The summed E-state index contributed by atoms with van der Waals surface area (Å²) in [6.07, 6.45) is 39.0. The number of hydrogen-bond acceptors (Lipinski definition) is 6. The molecule has 0 aromatic rings. The Kier molecular flexibility index (Phi) is 32.7. The standard InChI is InChI=1S/C41H79N2O6P/c1-6-8-10-12-14-16-18-19-20-21-22-23-24-25-27-29-31-33-35-41(45)42-39(38-49-50(46,47)48-37-36-43(3,4)5)40(44)34-32-30-28-26-17-15-13-11-9-7-2/h16,18,20-21,32,34,39-40,44H,6-15,17,19,22-31,33,35-38H2,1-5H3,(H-,42,45,46,47)/b18-16-,21-20-,34-32+. The molecule has 0 spiro atoms. The van der Waals surface area contributed by atoms with Crippen LogP contribution >= 0.6 is 7.82 Å². The van der Waals surface area contributed by atoms with Crippen LogP contribution in [0.3, 0.4) is 0 Å². The number of aliphatic hydroxyl groups is 1. The van der Waals surface area contributed by atoms with E-state index in [1.165, 1.54) is 89.9 Å². The summed E-state index contributed by atoms with van der Waals surface area (Å²) in [4.78, 5) is 25.2. The van der Waals surface area contributed by atoms with Gasteiger partial charge in [-0.1, -0.05) is 147 Å². The number of aliphatic hydroxyl groups excluding tert-OH is 1. The highest BCUT2D eigenvalue weighted by atomic mass is 31.2. The molecule has 0 bridgehead atoms. The van der Waals surface area contributed by atoms with Crippen molar-refractivity contribution in [1.82, 2.24) is 5.32 Å². The number of allylic oxidation sites excluding steroid dienone is 5. The Bertz CT molecular complexity index is 917. The van der Waals surface area contributed by atoms with E-state index in [2.05, 4.69) is 43.5 Å². The lowest BCUT2D eigenvalue weighted by Crippen LogP contribution is -2.45. The van der Waals surface area contributed by atoms with Crippen LogP contribution in [-0.4, -0.2) is 68.5 Å². The highest BCUT2D eigenvalue weighted by Gasteiger charge is 2.23. The summed E-state index contributed by atoms with van der Waals surface area (Å²) < 4.78 is 23.1. The Hall–Kier alpha value is -1.28. The zero-order chi connectivity index (χ0) is 37.2. The van der Waals surface area contributed by atoms with Crippen LogP contribution in [0.15, 0.2) is 36.5 Å². The molecule has 0 saturated carbocycles. The Morgan fingerprint density at radius 1 is 0.700 bits per heavy atom. The van der Waals surface area contributed by atoms with E-state index >= 15 is 0 Å². The van der Waals surface area contributed by atoms with Gasteiger partial charge in [0, 0.05) is 6.42 Å². The van der Waals surface area contributed by atoms with Gasteiger partial charge in [0.2, 0.25) is 5.91 Å². The smallest absolute Gasteiger partial charge is 0.268 e. The molecule has 0 aliphatic rings. The zero-order valence-electron chi connectivity index (χ0n) is 33.1. The van der Waals surface area contributed by atoms with Crippen molar-refractivity contribution in [2.45, 2.75) is 180 Å². The van der Waals surface area contributed by atoms with Gasteiger partial charge in [0.25, 0.3) is 7.82 Å². The molecule has 2 N–H and O–H groups in total. The van der Waals surface area contributed by atoms with Crippen LogP contribution in [0, 0.1) is 0 Å². The fourth-order valence-electron chi connectivity index (χ4n) is 5.53. The average molecular weight is 727 g/mol. The number of nitrogens with one attached hydrogen (secondary N) is 1. The lowest BCUT2D eigenvalue weighted by atomic mass is 10.1. The highest BCUT2D eigenvalue weighted by molar-refractivity contribution is 7.45. The molecule has 0 saturated heterocycles. The summed E-state index contributed by atoms with van der Waals surface area (Å²) in [5, 5.41) is 13.7. The van der Waals surface area contributed by atoms with E-state index in [4.69, 9.17) is 9.05 Å². The van der Waals surface area contributed by atoms with Gasteiger partial charge in [-0.2, -0.15) is 0 Å². The molecule has 0 fully saturated rings. The van der Waals surface area contributed by atoms with E-state index in [1.54, 1.807) is 6.08 Å². The van der Waals surface area contributed by atoms with E-state index in [0.29, 0.717) is 17.4 Å². The number of quaternary nitrogens is 1. The molecule has 0 heterocycles. The molecule has 1 amide bonds. The first-order valence-electron chi connectivity index (χ1n) is 20.4. The minimum absolute atomic E-state index is 0.00339. The SMILES string of the molecule is CCCCCC/C=C\C/C=C\CCCCCCCCCC(=O)NC(COP(=O)([O-])OCC[N+](C)(C)C)C(O)/C=C/CCCCCCCCCC. The molecule has 8 nitrogen and oxygen atoms in total. The van der Waals surface area contributed by atoms with Gasteiger partial charge in [-0.05, 0) is 51.4 Å². The predicted molar refractivity (Wildman–Crippen MR) is 210 cm³/mol. The fraction of sp³-hybridized carbons (Fsp3) is 0.829. The third kappa shape index (κ3) is 35.1. The second-order valence-corrected chi connectivity index (χ2v) is 16.4. The average Bonchev–Trinajstić information content (AvgIpc) is 3.06. The first-order chi connectivity index (χ1) is 24.0. The summed E-state index contributed by atoms with van der Waals surface area (Å²) in [5.41, 5.74) is 0. The summed E-state index contributed by atoms with van der Waals surface area (Å²) >= 11 is 0. The van der Waals surface area contributed by atoms with Crippen molar-refractivity contribution in [3.8, 4) is 0 Å². The van der Waals surface area contributed by atoms with Crippen LogP contribution in [0.5, 0.6) is 0 Å². The molecule has 50 heavy (non-hydrogen) atoms. The Labute approximate surface area is 308 Å². The minimum Gasteiger partial charge on any atom is -0.756 e. The molecular formula is C41H79N2O6P. The van der Waals surface area contributed by atoms with Crippen molar-refractivity contribution in [2.75, 3.05) is 40.9 Å². The lowest BCUT2D eigenvalue weighted by Gasteiger charge is -2.29. The molecule has 0 aliphatic heterocycles. The van der Waals surface area contributed by atoms with Gasteiger partial charge in [-0.25, -0.2) is 0 Å². The number of phosphoric ester groups is 1. The largest absolute Gasteiger partial charge is 0.756 e. The zero-order valence-corrected chi connectivity index (χ0v) is 34.0. The molecule has 0 aliphatic carbocycles. The lowest BCUT2D eigenvalue weighted by molar-refractivity contribution is -0.870. The number of hydrogen-bond donors (Lipinski definition) is 2. The molecule has 0 rings (SSSR count). The van der Waals surface area contributed by atoms with Crippen molar-refractivity contribution < 1.29 is 32.9 Å². The summed E-state index contributed by atoms with van der Waals surface area (Å²) in [7, 11) is 1.25. The van der Waals surface area contributed by atoms with Gasteiger partial charge >= 0.3 is 0 Å². The number of unbranched alkanes of at least 4 members (excludes halogenated alkanes) is 19. The first kappa shape index (κ1) is 48.7. The number of rotatable bonds is 36.